The van der Waals surface area contributed by atoms with Crippen LogP contribution in [0.25, 0.3) is 44.3 Å². The Kier molecular flexibility index (Phi) is 3.54. The first-order chi connectivity index (χ1) is 12.9. The van der Waals surface area contributed by atoms with Crippen molar-refractivity contribution in [1.29, 1.82) is 0 Å². The predicted molar refractivity (Wildman–Crippen MR) is 102 cm³/mol. The molecule has 124 valence electrons. The van der Waals surface area contributed by atoms with E-state index in [0.29, 0.717) is 17.5 Å². The molecular formula is C20H12N4OS. The molecule has 4 aromatic heterocycles. The van der Waals surface area contributed by atoms with Crippen LogP contribution in [0, 0.1) is 0 Å². The summed E-state index contributed by atoms with van der Waals surface area (Å²) >= 11 is 1.67. The van der Waals surface area contributed by atoms with E-state index in [0.717, 1.165) is 26.8 Å². The maximum Gasteiger partial charge on any atom is 0.267 e. The van der Waals surface area contributed by atoms with Gasteiger partial charge in [0.05, 0.1) is 5.56 Å². The maximum atomic E-state index is 5.91. The summed E-state index contributed by atoms with van der Waals surface area (Å²) in [7, 11) is 0. The van der Waals surface area contributed by atoms with Gasteiger partial charge in [-0.15, -0.1) is 21.5 Å². The molecule has 0 spiro atoms. The van der Waals surface area contributed by atoms with Crippen LogP contribution < -0.4 is 0 Å². The van der Waals surface area contributed by atoms with Gasteiger partial charge in [0, 0.05) is 34.4 Å². The number of pyridine rings is 2. The Bertz CT molecular complexity index is 1190. The molecule has 0 unspecified atom stereocenters. The minimum Gasteiger partial charge on any atom is -0.415 e. The van der Waals surface area contributed by atoms with Crippen molar-refractivity contribution in [2.75, 3.05) is 0 Å². The fourth-order valence-corrected chi connectivity index (χ4v) is 3.57. The molecule has 0 amide bonds. The monoisotopic (exact) mass is 356 g/mol. The average Bonchev–Trinajstić information content (AvgIpc) is 3.40. The van der Waals surface area contributed by atoms with Crippen LogP contribution in [0.3, 0.4) is 0 Å². The highest BCUT2D eigenvalue weighted by atomic mass is 32.1. The van der Waals surface area contributed by atoms with Gasteiger partial charge >= 0.3 is 0 Å². The van der Waals surface area contributed by atoms with Gasteiger partial charge in [0.2, 0.25) is 5.89 Å². The number of aromatic nitrogens is 4. The molecule has 0 bridgehead atoms. The van der Waals surface area contributed by atoms with Gasteiger partial charge in [-0.05, 0) is 29.0 Å². The number of rotatable bonds is 3. The molecule has 0 atom stereocenters. The van der Waals surface area contributed by atoms with Gasteiger partial charge in [0.25, 0.3) is 5.89 Å². The van der Waals surface area contributed by atoms with Gasteiger partial charge < -0.3 is 4.42 Å². The normalized spacial score (nSPS) is 11.1. The summed E-state index contributed by atoms with van der Waals surface area (Å²) in [4.78, 5) is 9.89. The van der Waals surface area contributed by atoms with Gasteiger partial charge in [-0.25, -0.2) is 0 Å². The van der Waals surface area contributed by atoms with Crippen molar-refractivity contribution < 1.29 is 4.42 Å². The van der Waals surface area contributed by atoms with Crippen molar-refractivity contribution in [2.45, 2.75) is 0 Å². The number of nitrogens with zero attached hydrogens (tertiary/aromatic N) is 4. The van der Waals surface area contributed by atoms with Crippen LogP contribution in [0.15, 0.2) is 76.9 Å². The van der Waals surface area contributed by atoms with E-state index < -0.39 is 0 Å². The average molecular weight is 356 g/mol. The van der Waals surface area contributed by atoms with E-state index >= 15 is 0 Å². The highest BCUT2D eigenvalue weighted by molar-refractivity contribution is 7.13. The van der Waals surface area contributed by atoms with Crippen LogP contribution in [-0.2, 0) is 0 Å². The molecule has 0 radical (unpaired) electrons. The van der Waals surface area contributed by atoms with Crippen LogP contribution in [-0.4, -0.2) is 20.2 Å². The van der Waals surface area contributed by atoms with Crippen molar-refractivity contribution in [3.63, 3.8) is 0 Å². The van der Waals surface area contributed by atoms with Crippen molar-refractivity contribution >= 4 is 22.1 Å². The fourth-order valence-electron chi connectivity index (χ4n) is 2.86. The van der Waals surface area contributed by atoms with Gasteiger partial charge in [0.15, 0.2) is 0 Å². The van der Waals surface area contributed by atoms with E-state index in [4.69, 9.17) is 4.42 Å². The highest BCUT2D eigenvalue weighted by Crippen LogP contribution is 2.30. The summed E-state index contributed by atoms with van der Waals surface area (Å²) < 4.78 is 5.91. The molecule has 5 rings (SSSR count). The SMILES string of the molecule is c1csc(-c2cncc(-c3nnc(-c4nccc5ccccc45)o3)c2)c1. The quantitative estimate of drug-likeness (QED) is 0.451. The highest BCUT2D eigenvalue weighted by Gasteiger charge is 2.15. The topological polar surface area (TPSA) is 64.7 Å². The Morgan fingerprint density at radius 1 is 0.846 bits per heavy atom. The number of fused-ring (bicyclic) bond motifs is 1. The summed E-state index contributed by atoms with van der Waals surface area (Å²) in [6.07, 6.45) is 5.31. The molecule has 0 aliphatic carbocycles. The van der Waals surface area contributed by atoms with Gasteiger partial charge in [-0.1, -0.05) is 30.3 Å². The van der Waals surface area contributed by atoms with E-state index in [-0.39, 0.29) is 0 Å². The predicted octanol–water partition coefficient (Wildman–Crippen LogP) is 5.08. The third-order valence-electron chi connectivity index (χ3n) is 4.09. The van der Waals surface area contributed by atoms with E-state index in [1.807, 2.05) is 54.0 Å². The molecular weight excluding hydrogens is 344 g/mol. The first kappa shape index (κ1) is 14.9. The summed E-state index contributed by atoms with van der Waals surface area (Å²) in [5, 5.41) is 12.5. The Morgan fingerprint density at radius 2 is 1.73 bits per heavy atom. The Labute approximate surface area is 153 Å². The molecule has 0 aliphatic heterocycles. The molecule has 0 saturated heterocycles. The minimum absolute atomic E-state index is 0.401. The fraction of sp³-hybridized carbons (Fsp3) is 0. The lowest BCUT2D eigenvalue weighted by Crippen LogP contribution is -1.85. The third-order valence-corrected chi connectivity index (χ3v) is 5.01. The van der Waals surface area contributed by atoms with Crippen molar-refractivity contribution in [2.24, 2.45) is 0 Å². The number of hydrogen-bond acceptors (Lipinski definition) is 6. The lowest BCUT2D eigenvalue weighted by molar-refractivity contribution is 0.582. The Morgan fingerprint density at radius 3 is 2.65 bits per heavy atom. The molecule has 0 aliphatic rings. The lowest BCUT2D eigenvalue weighted by Gasteiger charge is -2.01. The van der Waals surface area contributed by atoms with Gasteiger partial charge in [0.1, 0.15) is 5.69 Å². The molecule has 1 aromatic carbocycles. The molecule has 0 fully saturated rings. The van der Waals surface area contributed by atoms with Gasteiger partial charge in [-0.3, -0.25) is 9.97 Å². The zero-order valence-corrected chi connectivity index (χ0v) is 14.4. The zero-order valence-electron chi connectivity index (χ0n) is 13.5. The molecule has 6 heteroatoms. The van der Waals surface area contributed by atoms with Crippen LogP contribution in [0.2, 0.25) is 0 Å². The molecule has 0 N–H and O–H groups in total. The van der Waals surface area contributed by atoms with Crippen molar-refractivity contribution in [3.8, 4) is 33.5 Å². The van der Waals surface area contributed by atoms with Crippen LogP contribution in [0.1, 0.15) is 0 Å². The van der Waals surface area contributed by atoms with E-state index in [2.05, 4.69) is 26.2 Å². The third kappa shape index (κ3) is 2.57. The van der Waals surface area contributed by atoms with Crippen LogP contribution >= 0.6 is 11.3 Å². The van der Waals surface area contributed by atoms with Crippen molar-refractivity contribution in [1.82, 2.24) is 20.2 Å². The summed E-state index contributed by atoms with van der Waals surface area (Å²) in [6.45, 7) is 0. The van der Waals surface area contributed by atoms with Crippen LogP contribution in [0.4, 0.5) is 0 Å². The lowest BCUT2D eigenvalue weighted by atomic mass is 10.1. The van der Waals surface area contributed by atoms with E-state index in [1.165, 1.54) is 0 Å². The molecule has 0 saturated carbocycles. The number of thiophene rings is 1. The van der Waals surface area contributed by atoms with E-state index in [9.17, 15) is 0 Å². The number of hydrogen-bond donors (Lipinski definition) is 0. The van der Waals surface area contributed by atoms with Gasteiger partial charge in [-0.2, -0.15) is 0 Å². The molecule has 26 heavy (non-hydrogen) atoms. The van der Waals surface area contributed by atoms with E-state index in [1.54, 1.807) is 23.7 Å². The smallest absolute Gasteiger partial charge is 0.267 e. The molecule has 4 heterocycles. The zero-order chi connectivity index (χ0) is 17.3. The van der Waals surface area contributed by atoms with Crippen molar-refractivity contribution in [3.05, 3.63) is 72.5 Å². The first-order valence-electron chi connectivity index (χ1n) is 8.05. The second-order valence-electron chi connectivity index (χ2n) is 5.73. The largest absolute Gasteiger partial charge is 0.415 e. The minimum atomic E-state index is 0.401. The maximum absolute atomic E-state index is 5.91. The summed E-state index contributed by atoms with van der Waals surface area (Å²) in [5.41, 5.74) is 2.50. The molecule has 5 nitrogen and oxygen atoms in total. The first-order valence-corrected chi connectivity index (χ1v) is 8.93. The second kappa shape index (κ2) is 6.16. The Hall–Kier alpha value is -3.38. The Balaban J connectivity index is 1.58. The number of benzene rings is 1. The standard InChI is InChI=1S/C20H12N4OS/c1-2-5-16-13(4-1)7-8-22-18(16)20-24-23-19(25-20)15-10-14(11-21-12-15)17-6-3-9-26-17/h1-12H. The summed E-state index contributed by atoms with van der Waals surface area (Å²) in [5.74, 6) is 0.832. The summed E-state index contributed by atoms with van der Waals surface area (Å²) in [6, 6.07) is 16.0. The molecule has 5 aromatic rings. The van der Waals surface area contributed by atoms with Crippen LogP contribution in [0.5, 0.6) is 0 Å². The second-order valence-corrected chi connectivity index (χ2v) is 6.68.